The third-order valence-corrected chi connectivity index (χ3v) is 2.73. The molecule has 0 atom stereocenters. The van der Waals surface area contributed by atoms with E-state index in [1.165, 1.54) is 0 Å². The molecule has 1 aromatic carbocycles. The average Bonchev–Trinajstić information content (AvgIpc) is 2.38. The molecule has 0 spiro atoms. The summed E-state index contributed by atoms with van der Waals surface area (Å²) in [7, 11) is 0. The van der Waals surface area contributed by atoms with Crippen LogP contribution in [0.3, 0.4) is 0 Å². The molecule has 0 heterocycles. The van der Waals surface area contributed by atoms with Gasteiger partial charge in [0, 0.05) is 12.1 Å². The molecule has 0 radical (unpaired) electrons. The van der Waals surface area contributed by atoms with E-state index in [-0.39, 0.29) is 5.91 Å². The first-order valence-corrected chi connectivity index (χ1v) is 7.40. The first-order valence-electron chi connectivity index (χ1n) is 7.40. The molecule has 0 bridgehead atoms. The van der Waals surface area contributed by atoms with Crippen molar-refractivity contribution in [3.63, 3.8) is 0 Å². The molecule has 0 aromatic heterocycles. The molecule has 0 aliphatic carbocycles. The van der Waals surface area contributed by atoms with Crippen LogP contribution in [0.4, 0.5) is 21.9 Å². The van der Waals surface area contributed by atoms with Crippen LogP contribution in [0.2, 0.25) is 0 Å². The zero-order valence-corrected chi connectivity index (χ0v) is 13.7. The second-order valence-corrected chi connectivity index (χ2v) is 6.08. The van der Waals surface area contributed by atoms with Gasteiger partial charge in [-0.2, -0.15) is 0 Å². The molecular formula is C16H25N3O3. The fourth-order valence-electron chi connectivity index (χ4n) is 1.71. The van der Waals surface area contributed by atoms with Gasteiger partial charge in [-0.3, -0.25) is 10.1 Å². The quantitative estimate of drug-likeness (QED) is 0.722. The van der Waals surface area contributed by atoms with E-state index in [1.54, 1.807) is 39.0 Å². The van der Waals surface area contributed by atoms with Crippen molar-refractivity contribution in [3.05, 3.63) is 18.2 Å². The average molecular weight is 307 g/mol. The molecule has 0 saturated heterocycles. The maximum absolute atomic E-state index is 11.8. The number of hydrogen-bond donors (Lipinski definition) is 3. The number of benzene rings is 1. The predicted octanol–water partition coefficient (Wildman–Crippen LogP) is 3.74. The van der Waals surface area contributed by atoms with Crippen LogP contribution < -0.4 is 16.4 Å². The summed E-state index contributed by atoms with van der Waals surface area (Å²) < 4.78 is 5.18. The summed E-state index contributed by atoms with van der Waals surface area (Å²) in [6.07, 6.45) is 1.66. The molecule has 1 rings (SSSR count). The molecule has 0 fully saturated rings. The lowest BCUT2D eigenvalue weighted by molar-refractivity contribution is -0.116. The summed E-state index contributed by atoms with van der Waals surface area (Å²) in [6.45, 7) is 7.38. The predicted molar refractivity (Wildman–Crippen MR) is 88.9 cm³/mol. The minimum atomic E-state index is -0.574. The Morgan fingerprint density at radius 1 is 1.23 bits per heavy atom. The molecule has 2 amide bonds. The number of hydrogen-bond acceptors (Lipinski definition) is 4. The van der Waals surface area contributed by atoms with E-state index in [2.05, 4.69) is 10.6 Å². The van der Waals surface area contributed by atoms with Crippen molar-refractivity contribution in [2.75, 3.05) is 16.4 Å². The molecule has 0 aliphatic heterocycles. The van der Waals surface area contributed by atoms with Gasteiger partial charge in [-0.15, -0.1) is 0 Å². The Balaban J connectivity index is 2.73. The van der Waals surface area contributed by atoms with Gasteiger partial charge >= 0.3 is 6.09 Å². The highest BCUT2D eigenvalue weighted by molar-refractivity contribution is 5.95. The van der Waals surface area contributed by atoms with Crippen LogP contribution >= 0.6 is 0 Å². The fraction of sp³-hybridized carbons (Fsp3) is 0.500. The minimum Gasteiger partial charge on any atom is -0.444 e. The van der Waals surface area contributed by atoms with Gasteiger partial charge in [0.1, 0.15) is 5.60 Å². The van der Waals surface area contributed by atoms with E-state index >= 15 is 0 Å². The van der Waals surface area contributed by atoms with Crippen LogP contribution in [-0.2, 0) is 9.53 Å². The summed E-state index contributed by atoms with van der Waals surface area (Å²) in [5.74, 6) is -0.0945. The highest BCUT2D eigenvalue weighted by Crippen LogP contribution is 2.24. The fourth-order valence-corrected chi connectivity index (χ4v) is 1.71. The Morgan fingerprint density at radius 3 is 2.50 bits per heavy atom. The van der Waals surface area contributed by atoms with E-state index in [4.69, 9.17) is 10.5 Å². The van der Waals surface area contributed by atoms with Gasteiger partial charge in [0.2, 0.25) is 5.91 Å². The van der Waals surface area contributed by atoms with Gasteiger partial charge in [-0.25, -0.2) is 4.79 Å². The second kappa shape index (κ2) is 7.68. The Labute approximate surface area is 131 Å². The molecule has 22 heavy (non-hydrogen) atoms. The summed E-state index contributed by atoms with van der Waals surface area (Å²) in [5.41, 5.74) is 6.70. The first kappa shape index (κ1) is 17.8. The van der Waals surface area contributed by atoms with Gasteiger partial charge in [0.05, 0.1) is 11.4 Å². The Kier molecular flexibility index (Phi) is 6.22. The molecule has 0 saturated carbocycles. The lowest BCUT2D eigenvalue weighted by Crippen LogP contribution is -2.27. The number of unbranched alkanes of at least 4 members (excludes halogenated alkanes) is 1. The SMILES string of the molecule is CCCCC(=O)Nc1cc(NC(=O)OC(C)(C)C)ccc1N. The maximum atomic E-state index is 11.8. The van der Waals surface area contributed by atoms with E-state index in [9.17, 15) is 9.59 Å². The summed E-state index contributed by atoms with van der Waals surface area (Å²) in [6, 6.07) is 4.90. The van der Waals surface area contributed by atoms with E-state index < -0.39 is 11.7 Å². The zero-order chi connectivity index (χ0) is 16.8. The summed E-state index contributed by atoms with van der Waals surface area (Å²) >= 11 is 0. The number of rotatable bonds is 5. The van der Waals surface area contributed by atoms with Gasteiger partial charge < -0.3 is 15.8 Å². The Morgan fingerprint density at radius 2 is 1.91 bits per heavy atom. The van der Waals surface area contributed by atoms with E-state index in [0.717, 1.165) is 12.8 Å². The lowest BCUT2D eigenvalue weighted by Gasteiger charge is -2.20. The summed E-state index contributed by atoms with van der Waals surface area (Å²) in [5, 5.41) is 5.37. The molecule has 122 valence electrons. The number of anilines is 3. The third kappa shape index (κ3) is 6.47. The first-order chi connectivity index (χ1) is 10.2. The number of ether oxygens (including phenoxy) is 1. The largest absolute Gasteiger partial charge is 0.444 e. The number of amides is 2. The second-order valence-electron chi connectivity index (χ2n) is 6.08. The monoisotopic (exact) mass is 307 g/mol. The molecule has 4 N–H and O–H groups in total. The van der Waals surface area contributed by atoms with E-state index in [0.29, 0.717) is 23.5 Å². The number of carbonyl (C=O) groups is 2. The van der Waals surface area contributed by atoms with Gasteiger partial charge in [0.15, 0.2) is 0 Å². The van der Waals surface area contributed by atoms with Crippen molar-refractivity contribution in [2.45, 2.75) is 52.6 Å². The molecule has 6 nitrogen and oxygen atoms in total. The van der Waals surface area contributed by atoms with Crippen molar-refractivity contribution < 1.29 is 14.3 Å². The van der Waals surface area contributed by atoms with Crippen molar-refractivity contribution in [2.24, 2.45) is 0 Å². The lowest BCUT2D eigenvalue weighted by atomic mass is 10.2. The van der Waals surface area contributed by atoms with Crippen molar-refractivity contribution in [1.29, 1.82) is 0 Å². The molecule has 0 unspecified atom stereocenters. The molecule has 1 aromatic rings. The van der Waals surface area contributed by atoms with Crippen LogP contribution in [0.5, 0.6) is 0 Å². The molecule has 6 heteroatoms. The minimum absolute atomic E-state index is 0.0945. The summed E-state index contributed by atoms with van der Waals surface area (Å²) in [4.78, 5) is 23.5. The number of nitrogen functional groups attached to an aromatic ring is 1. The highest BCUT2D eigenvalue weighted by atomic mass is 16.6. The Hall–Kier alpha value is -2.24. The third-order valence-electron chi connectivity index (χ3n) is 2.73. The van der Waals surface area contributed by atoms with Gasteiger partial charge in [-0.1, -0.05) is 13.3 Å². The number of carbonyl (C=O) groups excluding carboxylic acids is 2. The topological polar surface area (TPSA) is 93.5 Å². The molecular weight excluding hydrogens is 282 g/mol. The van der Waals surface area contributed by atoms with Crippen molar-refractivity contribution in [1.82, 2.24) is 0 Å². The maximum Gasteiger partial charge on any atom is 0.412 e. The highest BCUT2D eigenvalue weighted by Gasteiger charge is 2.16. The smallest absolute Gasteiger partial charge is 0.412 e. The molecule has 0 aliphatic rings. The van der Waals surface area contributed by atoms with Crippen LogP contribution in [-0.4, -0.2) is 17.6 Å². The van der Waals surface area contributed by atoms with Crippen LogP contribution in [0, 0.1) is 0 Å². The Bertz CT molecular complexity index is 536. The number of nitrogens with one attached hydrogen (secondary N) is 2. The standard InChI is InChI=1S/C16H25N3O3/c1-5-6-7-14(20)19-13-10-11(8-9-12(13)17)18-15(21)22-16(2,3)4/h8-10H,5-7,17H2,1-4H3,(H,18,21)(H,19,20). The van der Waals surface area contributed by atoms with Crippen LogP contribution in [0.15, 0.2) is 18.2 Å². The van der Waals surface area contributed by atoms with Crippen molar-refractivity contribution >= 4 is 29.1 Å². The van der Waals surface area contributed by atoms with Crippen LogP contribution in [0.1, 0.15) is 47.0 Å². The van der Waals surface area contributed by atoms with E-state index in [1.807, 2.05) is 6.92 Å². The zero-order valence-electron chi connectivity index (χ0n) is 13.7. The van der Waals surface area contributed by atoms with Gasteiger partial charge in [0.25, 0.3) is 0 Å². The van der Waals surface area contributed by atoms with Crippen molar-refractivity contribution in [3.8, 4) is 0 Å². The van der Waals surface area contributed by atoms with Gasteiger partial charge in [-0.05, 0) is 45.4 Å². The van der Waals surface area contributed by atoms with Crippen LogP contribution in [0.25, 0.3) is 0 Å². The number of nitrogens with two attached hydrogens (primary N) is 1. The normalized spacial score (nSPS) is 10.9.